The lowest BCUT2D eigenvalue weighted by molar-refractivity contribution is -0.134. The first kappa shape index (κ1) is 11.2. The second-order valence-corrected chi connectivity index (χ2v) is 6.31. The van der Waals surface area contributed by atoms with Gasteiger partial charge in [0, 0.05) is 11.4 Å². The SMILES string of the molecule is O=C1Cc2sccc2[C@]2(c3ccccc3)CCCN12. The minimum Gasteiger partial charge on any atom is -0.328 e. The maximum Gasteiger partial charge on any atom is 0.228 e. The van der Waals surface area contributed by atoms with Crippen molar-refractivity contribution < 1.29 is 4.79 Å². The lowest BCUT2D eigenvalue weighted by atomic mass is 9.78. The van der Waals surface area contributed by atoms with E-state index in [-0.39, 0.29) is 11.4 Å². The molecule has 3 heteroatoms. The van der Waals surface area contributed by atoms with Gasteiger partial charge in [-0.25, -0.2) is 0 Å². The Morgan fingerprint density at radius 3 is 2.84 bits per heavy atom. The Bertz CT molecular complexity index is 633. The van der Waals surface area contributed by atoms with Gasteiger partial charge in [-0.15, -0.1) is 11.3 Å². The van der Waals surface area contributed by atoms with E-state index in [4.69, 9.17) is 0 Å². The number of fused-ring (bicyclic) bond motifs is 3. The summed E-state index contributed by atoms with van der Waals surface area (Å²) in [6.45, 7) is 0.892. The van der Waals surface area contributed by atoms with Crippen molar-refractivity contribution >= 4 is 17.2 Å². The van der Waals surface area contributed by atoms with Crippen molar-refractivity contribution in [2.75, 3.05) is 6.54 Å². The largest absolute Gasteiger partial charge is 0.328 e. The van der Waals surface area contributed by atoms with Crippen LogP contribution in [0.25, 0.3) is 0 Å². The summed E-state index contributed by atoms with van der Waals surface area (Å²) in [6, 6.07) is 12.7. The molecule has 0 N–H and O–H groups in total. The third-order valence-corrected chi connectivity index (χ3v) is 5.36. The van der Waals surface area contributed by atoms with E-state index in [9.17, 15) is 4.79 Å². The predicted molar refractivity (Wildman–Crippen MR) is 76.2 cm³/mol. The first-order valence-electron chi connectivity index (χ1n) is 6.75. The van der Waals surface area contributed by atoms with Crippen LogP contribution in [0.3, 0.4) is 0 Å². The number of hydrogen-bond acceptors (Lipinski definition) is 2. The first-order chi connectivity index (χ1) is 9.32. The lowest BCUT2D eigenvalue weighted by Crippen LogP contribution is -2.49. The molecular formula is C16H15NOS. The van der Waals surface area contributed by atoms with Gasteiger partial charge in [-0.2, -0.15) is 0 Å². The Morgan fingerprint density at radius 2 is 2.00 bits per heavy atom. The molecule has 1 fully saturated rings. The molecule has 4 rings (SSSR count). The van der Waals surface area contributed by atoms with Crippen LogP contribution in [0.2, 0.25) is 0 Å². The Kier molecular flexibility index (Phi) is 2.33. The second kappa shape index (κ2) is 3.94. The molecule has 2 aromatic rings. The van der Waals surface area contributed by atoms with E-state index >= 15 is 0 Å². The molecule has 2 aliphatic heterocycles. The van der Waals surface area contributed by atoms with Gasteiger partial charge in [-0.05, 0) is 35.4 Å². The molecule has 0 spiro atoms. The Balaban J connectivity index is 2.00. The fraction of sp³-hybridized carbons (Fsp3) is 0.312. The molecule has 1 aromatic carbocycles. The topological polar surface area (TPSA) is 20.3 Å². The highest BCUT2D eigenvalue weighted by Gasteiger charge is 2.50. The molecule has 1 atom stereocenters. The molecule has 3 heterocycles. The lowest BCUT2D eigenvalue weighted by Gasteiger charge is -2.43. The van der Waals surface area contributed by atoms with Gasteiger partial charge in [0.1, 0.15) is 0 Å². The molecular weight excluding hydrogens is 254 g/mol. The van der Waals surface area contributed by atoms with Crippen LogP contribution >= 0.6 is 11.3 Å². The highest BCUT2D eigenvalue weighted by molar-refractivity contribution is 7.10. The smallest absolute Gasteiger partial charge is 0.228 e. The van der Waals surface area contributed by atoms with Gasteiger partial charge in [0.25, 0.3) is 0 Å². The van der Waals surface area contributed by atoms with Gasteiger partial charge in [0.15, 0.2) is 0 Å². The predicted octanol–water partition coefficient (Wildman–Crippen LogP) is 3.17. The minimum absolute atomic E-state index is 0.189. The van der Waals surface area contributed by atoms with E-state index in [0.29, 0.717) is 6.42 Å². The monoisotopic (exact) mass is 269 g/mol. The van der Waals surface area contributed by atoms with Crippen molar-refractivity contribution in [3.8, 4) is 0 Å². The summed E-state index contributed by atoms with van der Waals surface area (Å²) < 4.78 is 0. The molecule has 0 saturated carbocycles. The number of carbonyl (C=O) groups excluding carboxylic acids is 1. The third kappa shape index (κ3) is 1.39. The van der Waals surface area contributed by atoms with Crippen molar-refractivity contribution in [3.63, 3.8) is 0 Å². The summed E-state index contributed by atoms with van der Waals surface area (Å²) in [6.07, 6.45) is 2.73. The summed E-state index contributed by atoms with van der Waals surface area (Å²) in [7, 11) is 0. The number of nitrogens with zero attached hydrogens (tertiary/aromatic N) is 1. The number of carbonyl (C=O) groups is 1. The molecule has 0 unspecified atom stereocenters. The minimum atomic E-state index is -0.189. The summed E-state index contributed by atoms with van der Waals surface area (Å²) in [5.74, 6) is 0.288. The number of benzene rings is 1. The normalized spacial score (nSPS) is 25.3. The van der Waals surface area contributed by atoms with Crippen LogP contribution in [0.15, 0.2) is 41.8 Å². The van der Waals surface area contributed by atoms with Crippen LogP contribution in [-0.4, -0.2) is 17.4 Å². The van der Waals surface area contributed by atoms with Crippen LogP contribution in [0.1, 0.15) is 28.8 Å². The number of rotatable bonds is 1. The number of hydrogen-bond donors (Lipinski definition) is 0. The van der Waals surface area contributed by atoms with Crippen molar-refractivity contribution in [1.82, 2.24) is 4.90 Å². The summed E-state index contributed by atoms with van der Waals surface area (Å²) in [5, 5.41) is 2.13. The molecule has 1 saturated heterocycles. The highest BCUT2D eigenvalue weighted by Crippen LogP contribution is 2.49. The van der Waals surface area contributed by atoms with E-state index in [2.05, 4.69) is 40.6 Å². The number of thiophene rings is 1. The van der Waals surface area contributed by atoms with E-state index < -0.39 is 0 Å². The Hall–Kier alpha value is -1.61. The molecule has 19 heavy (non-hydrogen) atoms. The third-order valence-electron chi connectivity index (χ3n) is 4.44. The zero-order valence-corrected chi connectivity index (χ0v) is 11.5. The summed E-state index contributed by atoms with van der Waals surface area (Å²) in [5.41, 5.74) is 2.44. The molecule has 0 aliphatic carbocycles. The molecule has 96 valence electrons. The average molecular weight is 269 g/mol. The average Bonchev–Trinajstić information content (AvgIpc) is 3.06. The van der Waals surface area contributed by atoms with Gasteiger partial charge in [0.2, 0.25) is 5.91 Å². The van der Waals surface area contributed by atoms with Crippen LogP contribution in [0, 0.1) is 0 Å². The van der Waals surface area contributed by atoms with Crippen molar-refractivity contribution in [1.29, 1.82) is 0 Å². The second-order valence-electron chi connectivity index (χ2n) is 5.31. The van der Waals surface area contributed by atoms with Crippen molar-refractivity contribution in [3.05, 3.63) is 57.8 Å². The first-order valence-corrected chi connectivity index (χ1v) is 7.63. The maximum atomic E-state index is 12.4. The Morgan fingerprint density at radius 1 is 1.16 bits per heavy atom. The molecule has 2 nitrogen and oxygen atoms in total. The molecule has 2 aliphatic rings. The van der Waals surface area contributed by atoms with E-state index in [1.165, 1.54) is 16.0 Å². The van der Waals surface area contributed by atoms with Gasteiger partial charge in [0.05, 0.1) is 12.0 Å². The van der Waals surface area contributed by atoms with Gasteiger partial charge >= 0.3 is 0 Å². The summed E-state index contributed by atoms with van der Waals surface area (Å²) in [4.78, 5) is 15.8. The fourth-order valence-electron chi connectivity index (χ4n) is 3.68. The maximum absolute atomic E-state index is 12.4. The molecule has 1 aromatic heterocycles. The van der Waals surface area contributed by atoms with Crippen LogP contribution in [-0.2, 0) is 16.8 Å². The van der Waals surface area contributed by atoms with Crippen LogP contribution in [0.5, 0.6) is 0 Å². The van der Waals surface area contributed by atoms with Gasteiger partial charge in [-0.1, -0.05) is 30.3 Å². The standard InChI is InChI=1S/C16H15NOS/c18-15-11-14-13(7-10-19-14)16(8-4-9-17(15)16)12-5-2-1-3-6-12/h1-3,5-7,10H,4,8-9,11H2/t16-/m1/s1. The number of amides is 1. The molecule has 0 radical (unpaired) electrons. The molecule has 1 amide bonds. The summed E-state index contributed by atoms with van der Waals surface area (Å²) >= 11 is 1.72. The van der Waals surface area contributed by atoms with Crippen LogP contribution < -0.4 is 0 Å². The van der Waals surface area contributed by atoms with E-state index in [1.807, 2.05) is 6.07 Å². The zero-order valence-electron chi connectivity index (χ0n) is 10.6. The van der Waals surface area contributed by atoms with Gasteiger partial charge < -0.3 is 4.90 Å². The van der Waals surface area contributed by atoms with Gasteiger partial charge in [-0.3, -0.25) is 4.79 Å². The highest BCUT2D eigenvalue weighted by atomic mass is 32.1. The Labute approximate surface area is 116 Å². The fourth-order valence-corrected chi connectivity index (χ4v) is 4.62. The zero-order chi connectivity index (χ0) is 12.9. The van der Waals surface area contributed by atoms with Crippen molar-refractivity contribution in [2.45, 2.75) is 24.8 Å². The van der Waals surface area contributed by atoms with E-state index in [1.54, 1.807) is 11.3 Å². The van der Waals surface area contributed by atoms with E-state index in [0.717, 1.165) is 19.4 Å². The van der Waals surface area contributed by atoms with Crippen LogP contribution in [0.4, 0.5) is 0 Å². The van der Waals surface area contributed by atoms with Crippen molar-refractivity contribution in [2.24, 2.45) is 0 Å². The quantitative estimate of drug-likeness (QED) is 0.778. The molecule has 0 bridgehead atoms.